The van der Waals surface area contributed by atoms with Crippen LogP contribution in [0.1, 0.15) is 21.6 Å². The molecule has 0 saturated carbocycles. The molecule has 13 heteroatoms. The van der Waals surface area contributed by atoms with E-state index in [-0.39, 0.29) is 24.7 Å². The molecule has 12 nitrogen and oxygen atoms in total. The first-order valence-electron chi connectivity index (χ1n) is 14.0. The molecule has 0 saturated heterocycles. The van der Waals surface area contributed by atoms with Crippen molar-refractivity contribution in [3.8, 4) is 5.69 Å². The van der Waals surface area contributed by atoms with Crippen LogP contribution in [0.4, 0.5) is 10.5 Å². The molecule has 0 aliphatic carbocycles. The number of urea groups is 1. The van der Waals surface area contributed by atoms with Gasteiger partial charge in [0.1, 0.15) is 5.56 Å². The Bertz CT molecular complexity index is 1550. The van der Waals surface area contributed by atoms with E-state index in [9.17, 15) is 18.6 Å². The van der Waals surface area contributed by atoms with Crippen LogP contribution in [0.5, 0.6) is 0 Å². The first-order valence-corrected chi connectivity index (χ1v) is 15.1. The molecule has 0 aliphatic rings. The predicted molar refractivity (Wildman–Crippen MR) is 166 cm³/mol. The van der Waals surface area contributed by atoms with Gasteiger partial charge in [-0.25, -0.2) is 13.8 Å². The van der Waals surface area contributed by atoms with Gasteiger partial charge in [0.05, 0.1) is 61.9 Å². The molecule has 0 fully saturated rings. The fourth-order valence-electron chi connectivity index (χ4n) is 4.08. The Morgan fingerprint density at radius 3 is 2.09 bits per heavy atom. The molecule has 1 unspecified atom stereocenters. The van der Waals surface area contributed by atoms with E-state index >= 15 is 0 Å². The first-order chi connectivity index (χ1) is 21.3. The molecule has 44 heavy (non-hydrogen) atoms. The lowest BCUT2D eigenvalue weighted by Crippen LogP contribution is -2.35. The molecular formula is C31H37N5O7S. The quantitative estimate of drug-likeness (QED) is 0.165. The summed E-state index contributed by atoms with van der Waals surface area (Å²) < 4.78 is 31.3. The summed E-state index contributed by atoms with van der Waals surface area (Å²) in [5, 5.41) is 7.77. The molecule has 1 aromatic heterocycles. The molecule has 0 aliphatic heterocycles. The number of pyridine rings is 1. The maximum Gasteiger partial charge on any atom is 0.314 e. The highest BCUT2D eigenvalue weighted by atomic mass is 32.2. The summed E-state index contributed by atoms with van der Waals surface area (Å²) >= 11 is 0. The molecule has 0 bridgehead atoms. The van der Waals surface area contributed by atoms with Gasteiger partial charge in [-0.3, -0.25) is 14.2 Å². The number of hydrogen-bond acceptors (Lipinski definition) is 7. The molecule has 0 radical (unpaired) electrons. The second-order valence-electron chi connectivity index (χ2n) is 9.46. The molecule has 2 aromatic carbocycles. The van der Waals surface area contributed by atoms with Crippen molar-refractivity contribution in [3.05, 3.63) is 93.2 Å². The van der Waals surface area contributed by atoms with Gasteiger partial charge in [-0.2, -0.15) is 0 Å². The minimum atomic E-state index is -1.72. The summed E-state index contributed by atoms with van der Waals surface area (Å²) in [5.74, 6) is -0.610. The van der Waals surface area contributed by atoms with Crippen LogP contribution in [0.15, 0.2) is 69.2 Å². The van der Waals surface area contributed by atoms with Gasteiger partial charge < -0.3 is 30.2 Å². The van der Waals surface area contributed by atoms with Gasteiger partial charge >= 0.3 is 6.03 Å². The lowest BCUT2D eigenvalue weighted by Gasteiger charge is -2.17. The zero-order chi connectivity index (χ0) is 31.9. The third-order valence-corrected chi connectivity index (χ3v) is 7.83. The van der Waals surface area contributed by atoms with Gasteiger partial charge in [0.25, 0.3) is 11.5 Å². The van der Waals surface area contributed by atoms with E-state index in [0.29, 0.717) is 66.4 Å². The predicted octanol–water partition coefficient (Wildman–Crippen LogP) is 2.88. The number of carbonyl (C=O) groups is 2. The van der Waals surface area contributed by atoms with Crippen molar-refractivity contribution in [1.29, 1.82) is 0 Å². The highest BCUT2D eigenvalue weighted by molar-refractivity contribution is 7.85. The first kappa shape index (κ1) is 34.1. The number of aromatic nitrogens is 1. The molecule has 1 atom stereocenters. The van der Waals surface area contributed by atoms with E-state index in [0.717, 1.165) is 5.56 Å². The van der Waals surface area contributed by atoms with E-state index in [2.05, 4.69) is 20.8 Å². The van der Waals surface area contributed by atoms with Gasteiger partial charge in [0, 0.05) is 36.4 Å². The zero-order valence-electron chi connectivity index (χ0n) is 25.0. The lowest BCUT2D eigenvalue weighted by molar-refractivity contribution is 0.0160. The van der Waals surface area contributed by atoms with Gasteiger partial charge in [-0.1, -0.05) is 36.4 Å². The number of hydrogen-bond donors (Lipinski definition) is 3. The normalized spacial score (nSPS) is 11.4. The fourth-order valence-corrected chi connectivity index (χ4v) is 5.30. The zero-order valence-corrected chi connectivity index (χ0v) is 25.8. The number of aryl methyl sites for hydroxylation is 1. The summed E-state index contributed by atoms with van der Waals surface area (Å²) in [5.41, 5.74) is 1.66. The minimum absolute atomic E-state index is 0.146. The van der Waals surface area contributed by atoms with Crippen LogP contribution >= 0.6 is 0 Å². The topological polar surface area (TPSA) is 141 Å². The molecule has 234 valence electrons. The molecular weight excluding hydrogens is 586 g/mol. The van der Waals surface area contributed by atoms with Crippen molar-refractivity contribution >= 4 is 28.4 Å². The molecule has 3 N–H and O–H groups in total. The van der Waals surface area contributed by atoms with Gasteiger partial charge in [0.15, 0.2) is 5.69 Å². The highest BCUT2D eigenvalue weighted by Gasteiger charge is 2.22. The number of carbonyl (C=O) groups excluding carboxylic acids is 2. The molecule has 3 rings (SSSR count). The van der Waals surface area contributed by atoms with Crippen molar-refractivity contribution in [2.24, 2.45) is 0 Å². The Hall–Kier alpha value is -4.35. The van der Waals surface area contributed by atoms with E-state index < -0.39 is 22.3 Å². The summed E-state index contributed by atoms with van der Waals surface area (Å²) in [6, 6.07) is 14.8. The smallest absolute Gasteiger partial charge is 0.314 e. The number of ether oxygens (including phenoxy) is 3. The summed E-state index contributed by atoms with van der Waals surface area (Å²) in [4.78, 5) is 41.9. The second kappa shape index (κ2) is 17.7. The average molecular weight is 624 g/mol. The lowest BCUT2D eigenvalue weighted by atomic mass is 10.1. The van der Waals surface area contributed by atoms with E-state index in [1.54, 1.807) is 37.3 Å². The standard InChI is InChI=1S/C31H37N5O7S/c1-22-6-5-7-25(20-22)36-23(2)28(44(40)26-10-8-24(32-3)9-11-26)21-27(30(36)38)29(37)34-12-14-41-16-18-43-19-17-42-15-13-35-31(39)33-4/h5-11,20-21H,12-19H2,1-2,4H3,(H,34,37)(H2,33,35,39). The maximum absolute atomic E-state index is 13.6. The monoisotopic (exact) mass is 623 g/mol. The fraction of sp³-hybridized carbons (Fsp3) is 0.355. The van der Waals surface area contributed by atoms with Crippen LogP contribution in [0.3, 0.4) is 0 Å². The van der Waals surface area contributed by atoms with Crippen LogP contribution in [0, 0.1) is 20.4 Å². The van der Waals surface area contributed by atoms with E-state index in [1.807, 2.05) is 25.1 Å². The van der Waals surface area contributed by atoms with Crippen LogP contribution in [0.2, 0.25) is 0 Å². The number of nitrogens with zero attached hydrogens (tertiary/aromatic N) is 2. The van der Waals surface area contributed by atoms with Crippen LogP contribution < -0.4 is 21.5 Å². The van der Waals surface area contributed by atoms with Gasteiger partial charge in [0.2, 0.25) is 0 Å². The highest BCUT2D eigenvalue weighted by Crippen LogP contribution is 2.24. The van der Waals surface area contributed by atoms with Crippen molar-refractivity contribution in [2.75, 3.05) is 59.8 Å². The van der Waals surface area contributed by atoms with Crippen molar-refractivity contribution in [3.63, 3.8) is 0 Å². The maximum atomic E-state index is 13.6. The number of rotatable bonds is 16. The minimum Gasteiger partial charge on any atom is -0.377 e. The summed E-state index contributed by atoms with van der Waals surface area (Å²) in [6.07, 6.45) is 0. The van der Waals surface area contributed by atoms with Crippen molar-refractivity contribution in [2.45, 2.75) is 23.6 Å². The Kier molecular flexibility index (Phi) is 13.7. The SMILES string of the molecule is [C-]#[N+]c1ccc(S(=O)c2cc(C(=O)NCCOCCOCCOCCNC(=O)NC)c(=O)n(-c3cccc(C)c3)c2C)cc1. The second-order valence-corrected chi connectivity index (χ2v) is 10.9. The molecule has 3 amide bonds. The van der Waals surface area contributed by atoms with Crippen LogP contribution in [-0.4, -0.2) is 80.5 Å². The largest absolute Gasteiger partial charge is 0.377 e. The Morgan fingerprint density at radius 2 is 1.50 bits per heavy atom. The number of nitrogens with one attached hydrogen (secondary N) is 3. The summed E-state index contributed by atoms with van der Waals surface area (Å²) in [7, 11) is -0.183. The Labute approximate surface area is 259 Å². The van der Waals surface area contributed by atoms with E-state index in [4.69, 9.17) is 20.8 Å². The van der Waals surface area contributed by atoms with Crippen LogP contribution in [-0.2, 0) is 25.0 Å². The van der Waals surface area contributed by atoms with E-state index in [1.165, 1.54) is 17.7 Å². The third-order valence-electron chi connectivity index (χ3n) is 6.32. The van der Waals surface area contributed by atoms with Crippen LogP contribution in [0.25, 0.3) is 10.5 Å². The number of benzene rings is 2. The van der Waals surface area contributed by atoms with Crippen molar-refractivity contribution < 1.29 is 28.0 Å². The number of amides is 3. The Morgan fingerprint density at radius 1 is 0.886 bits per heavy atom. The molecule has 1 heterocycles. The van der Waals surface area contributed by atoms with Crippen molar-refractivity contribution in [1.82, 2.24) is 20.5 Å². The molecule has 0 spiro atoms. The third kappa shape index (κ3) is 9.85. The molecule has 3 aromatic rings. The van der Waals surface area contributed by atoms with Gasteiger partial charge in [-0.05, 0) is 37.6 Å². The average Bonchev–Trinajstić information content (AvgIpc) is 3.03. The van der Waals surface area contributed by atoms with Gasteiger partial charge in [-0.15, -0.1) is 0 Å². The summed E-state index contributed by atoms with van der Waals surface area (Å²) in [6.45, 7) is 13.2. The Balaban J connectivity index is 1.59.